The molecule has 0 bridgehead atoms. The Bertz CT molecular complexity index is 439. The molecule has 1 fully saturated rings. The minimum Gasteiger partial charge on any atom is -0.465 e. The highest BCUT2D eigenvalue weighted by molar-refractivity contribution is 9.10. The van der Waals surface area contributed by atoms with Crippen LogP contribution in [0.5, 0.6) is 0 Å². The summed E-state index contributed by atoms with van der Waals surface area (Å²) in [7, 11) is 0. The number of amides is 1. The SMILES string of the molecule is O=C(O)N1CCCCC1c1ccc(Br)c(F)c1. The van der Waals surface area contributed by atoms with Crippen LogP contribution in [0.25, 0.3) is 0 Å². The first-order valence-electron chi connectivity index (χ1n) is 5.54. The van der Waals surface area contributed by atoms with Gasteiger partial charge in [0.05, 0.1) is 10.5 Å². The van der Waals surface area contributed by atoms with Gasteiger partial charge in [0, 0.05) is 6.54 Å². The predicted octanol–water partition coefficient (Wildman–Crippen LogP) is 3.79. The van der Waals surface area contributed by atoms with Crippen LogP contribution in [0.2, 0.25) is 0 Å². The van der Waals surface area contributed by atoms with Crippen LogP contribution in [-0.4, -0.2) is 22.6 Å². The number of rotatable bonds is 1. The molecule has 1 unspecified atom stereocenters. The fraction of sp³-hybridized carbons (Fsp3) is 0.417. The summed E-state index contributed by atoms with van der Waals surface area (Å²) in [5.41, 5.74) is 0.729. The van der Waals surface area contributed by atoms with Crippen molar-refractivity contribution in [1.82, 2.24) is 4.90 Å². The minimum absolute atomic E-state index is 0.219. The molecule has 1 saturated heterocycles. The van der Waals surface area contributed by atoms with Gasteiger partial charge in [0.1, 0.15) is 5.82 Å². The Morgan fingerprint density at radius 1 is 1.47 bits per heavy atom. The summed E-state index contributed by atoms with van der Waals surface area (Å²) in [5, 5.41) is 9.12. The van der Waals surface area contributed by atoms with Crippen molar-refractivity contribution in [2.45, 2.75) is 25.3 Å². The Balaban J connectivity index is 2.29. The molecule has 1 amide bonds. The average Bonchev–Trinajstić information content (AvgIpc) is 2.32. The monoisotopic (exact) mass is 301 g/mol. The molecule has 0 radical (unpaired) electrons. The van der Waals surface area contributed by atoms with Crippen LogP contribution in [0.4, 0.5) is 9.18 Å². The lowest BCUT2D eigenvalue weighted by Gasteiger charge is -2.33. The van der Waals surface area contributed by atoms with E-state index in [1.165, 1.54) is 11.0 Å². The standard InChI is InChI=1S/C12H13BrFNO2/c13-9-5-4-8(7-10(9)14)11-3-1-2-6-15(11)12(16)17/h4-5,7,11H,1-3,6H2,(H,16,17). The van der Waals surface area contributed by atoms with Crippen LogP contribution < -0.4 is 0 Å². The van der Waals surface area contributed by atoms with Crippen LogP contribution in [0.1, 0.15) is 30.9 Å². The minimum atomic E-state index is -0.932. The number of hydrogen-bond donors (Lipinski definition) is 1. The maximum absolute atomic E-state index is 13.4. The smallest absolute Gasteiger partial charge is 0.407 e. The summed E-state index contributed by atoms with van der Waals surface area (Å²) in [6.07, 6.45) is 1.68. The summed E-state index contributed by atoms with van der Waals surface area (Å²) in [5.74, 6) is -0.349. The van der Waals surface area contributed by atoms with E-state index >= 15 is 0 Å². The van der Waals surface area contributed by atoms with E-state index in [9.17, 15) is 9.18 Å². The summed E-state index contributed by atoms with van der Waals surface area (Å²) in [6.45, 7) is 0.525. The third kappa shape index (κ3) is 2.60. The van der Waals surface area contributed by atoms with Gasteiger partial charge in [0.15, 0.2) is 0 Å². The number of nitrogens with zero attached hydrogens (tertiary/aromatic N) is 1. The third-order valence-electron chi connectivity index (χ3n) is 3.08. The largest absolute Gasteiger partial charge is 0.465 e. The summed E-state index contributed by atoms with van der Waals surface area (Å²) >= 11 is 3.09. The van der Waals surface area contributed by atoms with Crippen molar-refractivity contribution < 1.29 is 14.3 Å². The van der Waals surface area contributed by atoms with E-state index in [0.29, 0.717) is 11.0 Å². The van der Waals surface area contributed by atoms with Crippen molar-refractivity contribution in [3.63, 3.8) is 0 Å². The molecule has 1 aromatic rings. The van der Waals surface area contributed by atoms with Crippen LogP contribution in [-0.2, 0) is 0 Å². The molecule has 1 aromatic carbocycles. The molecule has 1 heterocycles. The Hall–Kier alpha value is -1.10. The maximum Gasteiger partial charge on any atom is 0.407 e. The first-order valence-corrected chi connectivity index (χ1v) is 6.33. The van der Waals surface area contributed by atoms with Crippen LogP contribution in [0, 0.1) is 5.82 Å². The zero-order valence-corrected chi connectivity index (χ0v) is 10.8. The number of carboxylic acid groups (broad SMARTS) is 1. The third-order valence-corrected chi connectivity index (χ3v) is 3.72. The fourth-order valence-corrected chi connectivity index (χ4v) is 2.47. The highest BCUT2D eigenvalue weighted by Gasteiger charge is 2.27. The van der Waals surface area contributed by atoms with Crippen LogP contribution >= 0.6 is 15.9 Å². The molecule has 5 heteroatoms. The van der Waals surface area contributed by atoms with E-state index < -0.39 is 6.09 Å². The van der Waals surface area contributed by atoms with E-state index in [-0.39, 0.29) is 11.9 Å². The number of likely N-dealkylation sites (tertiary alicyclic amines) is 1. The lowest BCUT2D eigenvalue weighted by Crippen LogP contribution is -2.37. The van der Waals surface area contributed by atoms with Gasteiger partial charge in [-0.05, 0) is 52.9 Å². The number of benzene rings is 1. The number of halogens is 2. The average molecular weight is 302 g/mol. The summed E-state index contributed by atoms with van der Waals surface area (Å²) < 4.78 is 13.9. The number of carbonyl (C=O) groups is 1. The quantitative estimate of drug-likeness (QED) is 0.857. The molecule has 0 saturated carbocycles. The molecule has 1 aliphatic rings. The molecule has 1 N–H and O–H groups in total. The van der Waals surface area contributed by atoms with Crippen LogP contribution in [0.15, 0.2) is 22.7 Å². The zero-order chi connectivity index (χ0) is 12.4. The lowest BCUT2D eigenvalue weighted by molar-refractivity contribution is 0.106. The molecule has 0 spiro atoms. The van der Waals surface area contributed by atoms with Crippen molar-refractivity contribution in [3.05, 3.63) is 34.1 Å². The fourth-order valence-electron chi connectivity index (χ4n) is 2.23. The first-order chi connectivity index (χ1) is 8.09. The van der Waals surface area contributed by atoms with Crippen molar-refractivity contribution in [2.24, 2.45) is 0 Å². The van der Waals surface area contributed by atoms with Gasteiger partial charge < -0.3 is 10.0 Å². The summed E-state index contributed by atoms with van der Waals surface area (Å²) in [6, 6.07) is 4.60. The highest BCUT2D eigenvalue weighted by Crippen LogP contribution is 2.32. The number of piperidine rings is 1. The van der Waals surface area contributed by atoms with E-state index in [4.69, 9.17) is 5.11 Å². The second-order valence-electron chi connectivity index (χ2n) is 4.16. The molecule has 92 valence electrons. The van der Waals surface area contributed by atoms with Crippen molar-refractivity contribution >= 4 is 22.0 Å². The van der Waals surface area contributed by atoms with E-state index in [1.807, 2.05) is 0 Å². The Morgan fingerprint density at radius 3 is 2.88 bits per heavy atom. The molecular weight excluding hydrogens is 289 g/mol. The van der Waals surface area contributed by atoms with E-state index in [2.05, 4.69) is 15.9 Å². The van der Waals surface area contributed by atoms with Crippen molar-refractivity contribution in [3.8, 4) is 0 Å². The molecule has 17 heavy (non-hydrogen) atoms. The maximum atomic E-state index is 13.4. The molecule has 2 rings (SSSR count). The molecule has 0 aromatic heterocycles. The number of hydrogen-bond acceptors (Lipinski definition) is 1. The highest BCUT2D eigenvalue weighted by atomic mass is 79.9. The van der Waals surface area contributed by atoms with Gasteiger partial charge in [0.25, 0.3) is 0 Å². The Morgan fingerprint density at radius 2 is 2.24 bits per heavy atom. The molecular formula is C12H13BrFNO2. The van der Waals surface area contributed by atoms with Gasteiger partial charge in [-0.15, -0.1) is 0 Å². The summed E-state index contributed by atoms with van der Waals surface area (Å²) in [4.78, 5) is 12.5. The van der Waals surface area contributed by atoms with Crippen molar-refractivity contribution in [1.29, 1.82) is 0 Å². The predicted molar refractivity (Wildman–Crippen MR) is 65.4 cm³/mol. The first kappa shape index (κ1) is 12.4. The molecule has 3 nitrogen and oxygen atoms in total. The topological polar surface area (TPSA) is 40.5 Å². The Kier molecular flexibility index (Phi) is 3.66. The molecule has 1 aliphatic heterocycles. The van der Waals surface area contributed by atoms with Crippen LogP contribution in [0.3, 0.4) is 0 Å². The van der Waals surface area contributed by atoms with Gasteiger partial charge in [-0.3, -0.25) is 0 Å². The van der Waals surface area contributed by atoms with Gasteiger partial charge in [0.2, 0.25) is 0 Å². The Labute approximate surface area is 107 Å². The van der Waals surface area contributed by atoms with Crippen molar-refractivity contribution in [2.75, 3.05) is 6.54 Å². The zero-order valence-electron chi connectivity index (χ0n) is 9.20. The van der Waals surface area contributed by atoms with Gasteiger partial charge in [-0.1, -0.05) is 6.07 Å². The van der Waals surface area contributed by atoms with E-state index in [1.54, 1.807) is 12.1 Å². The second kappa shape index (κ2) is 5.04. The van der Waals surface area contributed by atoms with Gasteiger partial charge >= 0.3 is 6.09 Å². The molecule has 0 aliphatic carbocycles. The lowest BCUT2D eigenvalue weighted by atomic mass is 9.95. The van der Waals surface area contributed by atoms with Gasteiger partial charge in [-0.2, -0.15) is 0 Å². The van der Waals surface area contributed by atoms with Gasteiger partial charge in [-0.25, -0.2) is 9.18 Å². The second-order valence-corrected chi connectivity index (χ2v) is 5.02. The normalized spacial score (nSPS) is 20.4. The van der Waals surface area contributed by atoms with E-state index in [0.717, 1.165) is 24.8 Å². The molecule has 1 atom stereocenters.